The summed E-state index contributed by atoms with van der Waals surface area (Å²) in [5, 5.41) is 0. The summed E-state index contributed by atoms with van der Waals surface area (Å²) in [6.07, 6.45) is 5.29. The maximum atomic E-state index is 14.8. The molecule has 0 bridgehead atoms. The van der Waals surface area contributed by atoms with Crippen LogP contribution in [0.15, 0.2) is 60.7 Å². The van der Waals surface area contributed by atoms with Crippen LogP contribution in [0, 0.1) is 17.5 Å². The predicted molar refractivity (Wildman–Crippen MR) is 134 cm³/mol. The first-order chi connectivity index (χ1) is 17.0. The van der Waals surface area contributed by atoms with E-state index in [1.54, 1.807) is 25.3 Å². The fourth-order valence-electron chi connectivity index (χ4n) is 4.50. The van der Waals surface area contributed by atoms with E-state index in [-0.39, 0.29) is 18.5 Å². The average molecular weight is 481 g/mol. The lowest BCUT2D eigenvalue weighted by atomic mass is 9.90. The highest BCUT2D eigenvalue weighted by Gasteiger charge is 2.20. The summed E-state index contributed by atoms with van der Waals surface area (Å²) < 4.78 is 54.6. The maximum absolute atomic E-state index is 14.8. The van der Waals surface area contributed by atoms with Crippen molar-refractivity contribution in [3.8, 4) is 11.1 Å². The molecule has 184 valence electrons. The third-order valence-corrected chi connectivity index (χ3v) is 6.69. The van der Waals surface area contributed by atoms with Gasteiger partial charge in [0.2, 0.25) is 0 Å². The number of hydrogen-bond donors (Lipinski definition) is 0. The molecule has 2 nitrogen and oxygen atoms in total. The van der Waals surface area contributed by atoms with Crippen LogP contribution in [0.4, 0.5) is 13.2 Å². The zero-order chi connectivity index (χ0) is 24.8. The molecule has 1 unspecified atom stereocenters. The quantitative estimate of drug-likeness (QED) is 0.313. The summed E-state index contributed by atoms with van der Waals surface area (Å²) in [6, 6.07) is 16.3. The molecule has 0 aromatic heterocycles. The van der Waals surface area contributed by atoms with Crippen molar-refractivity contribution >= 4 is 5.57 Å². The molecule has 1 atom stereocenters. The summed E-state index contributed by atoms with van der Waals surface area (Å²) in [4.78, 5) is 0. The normalized spacial score (nSPS) is 15.8. The molecule has 0 saturated heterocycles. The van der Waals surface area contributed by atoms with E-state index in [9.17, 15) is 13.2 Å². The molecule has 0 heterocycles. The van der Waals surface area contributed by atoms with E-state index in [4.69, 9.17) is 9.47 Å². The minimum absolute atomic E-state index is 0.149. The van der Waals surface area contributed by atoms with Gasteiger partial charge in [0.25, 0.3) is 0 Å². The third kappa shape index (κ3) is 6.03. The molecule has 5 heteroatoms. The number of hydrogen-bond acceptors (Lipinski definition) is 2. The Labute approximate surface area is 205 Å². The molecular weight excluding hydrogens is 449 g/mol. The second-order valence-electron chi connectivity index (χ2n) is 8.90. The number of halogens is 3. The Morgan fingerprint density at radius 2 is 1.60 bits per heavy atom. The highest BCUT2D eigenvalue weighted by atomic mass is 19.2. The molecule has 0 saturated carbocycles. The first-order valence-electron chi connectivity index (χ1n) is 12.1. The monoisotopic (exact) mass is 480 g/mol. The van der Waals surface area contributed by atoms with Gasteiger partial charge < -0.3 is 9.47 Å². The molecule has 0 fully saturated rings. The van der Waals surface area contributed by atoms with Crippen molar-refractivity contribution in [3.05, 3.63) is 100 Å². The van der Waals surface area contributed by atoms with Crippen LogP contribution < -0.4 is 0 Å². The van der Waals surface area contributed by atoms with Crippen molar-refractivity contribution in [2.45, 2.75) is 51.7 Å². The van der Waals surface area contributed by atoms with Crippen molar-refractivity contribution in [1.82, 2.24) is 0 Å². The van der Waals surface area contributed by atoms with E-state index in [1.807, 2.05) is 43.3 Å². The Bertz CT molecular complexity index is 1180. The zero-order valence-corrected chi connectivity index (χ0v) is 20.3. The zero-order valence-electron chi connectivity index (χ0n) is 20.3. The summed E-state index contributed by atoms with van der Waals surface area (Å²) in [6.45, 7) is 2.67. The van der Waals surface area contributed by atoms with Crippen molar-refractivity contribution in [1.29, 1.82) is 0 Å². The van der Waals surface area contributed by atoms with Crippen molar-refractivity contribution in [2.24, 2.45) is 0 Å². The number of rotatable bonds is 9. The van der Waals surface area contributed by atoms with Gasteiger partial charge in [-0.2, -0.15) is 0 Å². The van der Waals surface area contributed by atoms with Crippen LogP contribution in [0.2, 0.25) is 0 Å². The lowest BCUT2D eigenvalue weighted by Crippen LogP contribution is -2.14. The third-order valence-electron chi connectivity index (χ3n) is 6.69. The topological polar surface area (TPSA) is 18.5 Å². The van der Waals surface area contributed by atoms with Gasteiger partial charge in [0.05, 0.1) is 12.7 Å². The van der Waals surface area contributed by atoms with Gasteiger partial charge in [0.1, 0.15) is 5.82 Å². The second-order valence-corrected chi connectivity index (χ2v) is 8.90. The number of ether oxygens (including phenoxy) is 2. The average Bonchev–Trinajstić information content (AvgIpc) is 2.89. The summed E-state index contributed by atoms with van der Waals surface area (Å²) in [5.41, 5.74) is 4.79. The first kappa shape index (κ1) is 25.2. The van der Waals surface area contributed by atoms with Gasteiger partial charge in [0.15, 0.2) is 11.6 Å². The van der Waals surface area contributed by atoms with Gasteiger partial charge in [-0.25, -0.2) is 13.2 Å². The van der Waals surface area contributed by atoms with Crippen LogP contribution in [0.3, 0.4) is 0 Å². The Hall–Kier alpha value is -2.89. The van der Waals surface area contributed by atoms with Crippen LogP contribution in [0.25, 0.3) is 16.7 Å². The van der Waals surface area contributed by atoms with E-state index < -0.39 is 11.6 Å². The number of benzene rings is 3. The fourth-order valence-corrected chi connectivity index (χ4v) is 4.50. The lowest BCUT2D eigenvalue weighted by molar-refractivity contribution is 0.0964. The SMILES string of the molecule is CCOCc1ccc(-c2ccc(CCc3ccc(C4=CCC(OC)CC4)c(F)c3F)cc2)cc1F. The first-order valence-corrected chi connectivity index (χ1v) is 12.1. The minimum Gasteiger partial charge on any atom is -0.381 e. The van der Waals surface area contributed by atoms with E-state index in [0.29, 0.717) is 49.0 Å². The second kappa shape index (κ2) is 11.7. The van der Waals surface area contributed by atoms with Crippen molar-refractivity contribution in [3.63, 3.8) is 0 Å². The summed E-state index contributed by atoms with van der Waals surface area (Å²) >= 11 is 0. The molecule has 0 aliphatic heterocycles. The van der Waals surface area contributed by atoms with Gasteiger partial charge in [-0.3, -0.25) is 0 Å². The minimum atomic E-state index is -0.769. The number of methoxy groups -OCH3 is 1. The van der Waals surface area contributed by atoms with E-state index in [2.05, 4.69) is 0 Å². The van der Waals surface area contributed by atoms with Crippen molar-refractivity contribution in [2.75, 3.05) is 13.7 Å². The van der Waals surface area contributed by atoms with Gasteiger partial charge >= 0.3 is 0 Å². The molecule has 0 amide bonds. The Morgan fingerprint density at radius 3 is 2.26 bits per heavy atom. The van der Waals surface area contributed by atoms with Crippen LogP contribution in [0.5, 0.6) is 0 Å². The standard InChI is InChI=1S/C30H31F3O2/c1-3-35-19-25-11-10-24(18-28(25)31)21-7-4-20(5-8-21)6-9-23-14-17-27(30(33)29(23)32)22-12-15-26(34-2)16-13-22/h4-5,7-8,10-12,14,17-18,26H,3,6,9,13,15-16,19H2,1-2H3. The highest BCUT2D eigenvalue weighted by Crippen LogP contribution is 2.32. The van der Waals surface area contributed by atoms with E-state index >= 15 is 0 Å². The predicted octanol–water partition coefficient (Wildman–Crippen LogP) is 7.67. The smallest absolute Gasteiger partial charge is 0.166 e. The molecule has 3 aromatic rings. The molecule has 0 radical (unpaired) electrons. The Morgan fingerprint density at radius 1 is 0.857 bits per heavy atom. The van der Waals surface area contributed by atoms with Gasteiger partial charge in [0, 0.05) is 24.8 Å². The largest absolute Gasteiger partial charge is 0.381 e. The highest BCUT2D eigenvalue weighted by molar-refractivity contribution is 5.67. The summed E-state index contributed by atoms with van der Waals surface area (Å²) in [5.74, 6) is -1.82. The molecule has 3 aromatic carbocycles. The molecule has 35 heavy (non-hydrogen) atoms. The molecule has 1 aliphatic carbocycles. The molecule has 0 spiro atoms. The van der Waals surface area contributed by atoms with E-state index in [0.717, 1.165) is 28.7 Å². The van der Waals surface area contributed by atoms with Crippen molar-refractivity contribution < 1.29 is 22.6 Å². The van der Waals surface area contributed by atoms with Crippen LogP contribution in [0.1, 0.15) is 48.4 Å². The van der Waals surface area contributed by atoms with Crippen LogP contribution in [-0.2, 0) is 28.9 Å². The maximum Gasteiger partial charge on any atom is 0.166 e. The van der Waals surface area contributed by atoms with Crippen LogP contribution in [-0.4, -0.2) is 19.8 Å². The Balaban J connectivity index is 1.41. The number of allylic oxidation sites excluding steroid dienone is 1. The Kier molecular flexibility index (Phi) is 8.42. The molecule has 1 aliphatic rings. The lowest BCUT2D eigenvalue weighted by Gasteiger charge is -2.21. The summed E-state index contributed by atoms with van der Waals surface area (Å²) in [7, 11) is 1.67. The molecule has 4 rings (SSSR count). The number of aryl methyl sites for hydroxylation is 2. The van der Waals surface area contributed by atoms with Crippen LogP contribution >= 0.6 is 0 Å². The van der Waals surface area contributed by atoms with Gasteiger partial charge in [-0.15, -0.1) is 0 Å². The fraction of sp³-hybridized carbons (Fsp3) is 0.333. The molecular formula is C30H31F3O2. The van der Waals surface area contributed by atoms with E-state index in [1.165, 1.54) is 6.07 Å². The van der Waals surface area contributed by atoms with Gasteiger partial charge in [-0.05, 0) is 72.9 Å². The van der Waals surface area contributed by atoms with Gasteiger partial charge in [-0.1, -0.05) is 54.6 Å². The molecule has 0 N–H and O–H groups in total.